The minimum atomic E-state index is -0.166. The number of aromatic nitrogens is 1. The summed E-state index contributed by atoms with van der Waals surface area (Å²) in [7, 11) is 0. The summed E-state index contributed by atoms with van der Waals surface area (Å²) in [6.45, 7) is 0.815. The first-order chi connectivity index (χ1) is 12.2. The van der Waals surface area contributed by atoms with Crippen molar-refractivity contribution in [3.05, 3.63) is 47.5 Å². The molecule has 2 fully saturated rings. The SMILES string of the molecule is O=C(CN(CC1CC1)C(=O)C1CC1c1ccccc1)Nc1nccs1. The summed E-state index contributed by atoms with van der Waals surface area (Å²) in [6, 6.07) is 10.2. The van der Waals surface area contributed by atoms with E-state index in [4.69, 9.17) is 0 Å². The van der Waals surface area contributed by atoms with Crippen molar-refractivity contribution in [1.29, 1.82) is 0 Å². The number of nitrogens with zero attached hydrogens (tertiary/aromatic N) is 2. The lowest BCUT2D eigenvalue weighted by molar-refractivity contribution is -0.136. The zero-order chi connectivity index (χ0) is 17.2. The summed E-state index contributed by atoms with van der Waals surface area (Å²) in [6.07, 6.45) is 4.86. The van der Waals surface area contributed by atoms with Gasteiger partial charge in [-0.25, -0.2) is 4.98 Å². The summed E-state index contributed by atoms with van der Waals surface area (Å²) in [4.78, 5) is 31.0. The van der Waals surface area contributed by atoms with E-state index in [2.05, 4.69) is 22.4 Å². The van der Waals surface area contributed by atoms with Crippen molar-refractivity contribution < 1.29 is 9.59 Å². The molecule has 2 saturated carbocycles. The Morgan fingerprint density at radius 2 is 2.04 bits per heavy atom. The molecule has 2 aliphatic rings. The van der Waals surface area contributed by atoms with Crippen molar-refractivity contribution >= 4 is 28.3 Å². The van der Waals surface area contributed by atoms with Crippen molar-refractivity contribution in [3.63, 3.8) is 0 Å². The number of rotatable bonds is 7. The summed E-state index contributed by atoms with van der Waals surface area (Å²) in [5.74, 6) is 0.840. The molecule has 2 atom stereocenters. The van der Waals surface area contributed by atoms with E-state index in [0.29, 0.717) is 23.5 Å². The van der Waals surface area contributed by atoms with E-state index in [1.54, 1.807) is 11.1 Å². The van der Waals surface area contributed by atoms with Gasteiger partial charge >= 0.3 is 0 Å². The van der Waals surface area contributed by atoms with Crippen LogP contribution in [0.2, 0.25) is 0 Å². The van der Waals surface area contributed by atoms with Crippen LogP contribution in [0.5, 0.6) is 0 Å². The molecule has 2 unspecified atom stereocenters. The molecular weight excluding hydrogens is 334 g/mol. The van der Waals surface area contributed by atoms with Crippen LogP contribution in [0.1, 0.15) is 30.7 Å². The van der Waals surface area contributed by atoms with Gasteiger partial charge in [-0.1, -0.05) is 30.3 Å². The van der Waals surface area contributed by atoms with Gasteiger partial charge in [-0.15, -0.1) is 11.3 Å². The molecule has 130 valence electrons. The summed E-state index contributed by atoms with van der Waals surface area (Å²) < 4.78 is 0. The van der Waals surface area contributed by atoms with Crippen LogP contribution in [-0.2, 0) is 9.59 Å². The van der Waals surface area contributed by atoms with E-state index in [-0.39, 0.29) is 24.3 Å². The highest BCUT2D eigenvalue weighted by Gasteiger charge is 2.46. The van der Waals surface area contributed by atoms with E-state index in [1.807, 2.05) is 23.6 Å². The number of hydrogen-bond acceptors (Lipinski definition) is 4. The molecule has 5 nitrogen and oxygen atoms in total. The Hall–Kier alpha value is -2.21. The number of carbonyl (C=O) groups is 2. The number of benzene rings is 1. The quantitative estimate of drug-likeness (QED) is 0.830. The van der Waals surface area contributed by atoms with Crippen molar-refractivity contribution in [2.75, 3.05) is 18.4 Å². The first-order valence-electron chi connectivity index (χ1n) is 8.74. The number of nitrogens with one attached hydrogen (secondary N) is 1. The molecule has 0 saturated heterocycles. The molecule has 0 spiro atoms. The van der Waals surface area contributed by atoms with Crippen LogP contribution in [0.3, 0.4) is 0 Å². The van der Waals surface area contributed by atoms with Gasteiger partial charge in [-0.3, -0.25) is 9.59 Å². The summed E-state index contributed by atoms with van der Waals surface area (Å²) in [5.41, 5.74) is 1.22. The third-order valence-electron chi connectivity index (χ3n) is 4.84. The van der Waals surface area contributed by atoms with Gasteiger partial charge in [0.2, 0.25) is 11.8 Å². The predicted octanol–water partition coefficient (Wildman–Crippen LogP) is 3.12. The van der Waals surface area contributed by atoms with Crippen molar-refractivity contribution in [2.24, 2.45) is 11.8 Å². The Morgan fingerprint density at radius 1 is 1.24 bits per heavy atom. The highest BCUT2D eigenvalue weighted by atomic mass is 32.1. The third-order valence-corrected chi connectivity index (χ3v) is 5.52. The lowest BCUT2D eigenvalue weighted by atomic mass is 10.1. The van der Waals surface area contributed by atoms with Crippen LogP contribution in [-0.4, -0.2) is 34.8 Å². The molecule has 2 amide bonds. The monoisotopic (exact) mass is 355 g/mol. The van der Waals surface area contributed by atoms with Gasteiger partial charge in [0, 0.05) is 24.0 Å². The van der Waals surface area contributed by atoms with Crippen molar-refractivity contribution in [1.82, 2.24) is 9.88 Å². The van der Waals surface area contributed by atoms with Gasteiger partial charge in [0.15, 0.2) is 5.13 Å². The standard InChI is InChI=1S/C19H21N3O2S/c23-17(21-19-20-8-9-25-19)12-22(11-13-6-7-13)18(24)16-10-15(16)14-4-2-1-3-5-14/h1-5,8-9,13,15-16H,6-7,10-12H2,(H,20,21,23). The first kappa shape index (κ1) is 16.3. The van der Waals surface area contributed by atoms with Crippen LogP contribution < -0.4 is 5.32 Å². The zero-order valence-electron chi connectivity index (χ0n) is 13.9. The Kier molecular flexibility index (Phi) is 4.53. The van der Waals surface area contributed by atoms with E-state index in [0.717, 1.165) is 19.3 Å². The van der Waals surface area contributed by atoms with Crippen LogP contribution >= 0.6 is 11.3 Å². The van der Waals surface area contributed by atoms with Crippen molar-refractivity contribution in [3.8, 4) is 0 Å². The molecule has 0 radical (unpaired) electrons. The highest BCUT2D eigenvalue weighted by Crippen LogP contribution is 2.48. The molecule has 1 aromatic carbocycles. The largest absolute Gasteiger partial charge is 0.333 e. The highest BCUT2D eigenvalue weighted by molar-refractivity contribution is 7.13. The van der Waals surface area contributed by atoms with Gasteiger partial charge in [-0.05, 0) is 36.7 Å². The Balaban J connectivity index is 1.38. The molecule has 1 aromatic heterocycles. The number of thiazole rings is 1. The third kappa shape index (κ3) is 4.07. The Morgan fingerprint density at radius 3 is 2.72 bits per heavy atom. The molecule has 6 heteroatoms. The molecule has 2 aliphatic carbocycles. The maximum absolute atomic E-state index is 12.9. The Labute approximate surface area is 151 Å². The molecule has 2 aromatic rings. The first-order valence-corrected chi connectivity index (χ1v) is 9.62. The van der Waals surface area contributed by atoms with Gasteiger partial charge in [0.05, 0.1) is 6.54 Å². The Bertz CT molecular complexity index is 743. The molecule has 25 heavy (non-hydrogen) atoms. The van der Waals surface area contributed by atoms with Crippen LogP contribution in [0.15, 0.2) is 41.9 Å². The van der Waals surface area contributed by atoms with Gasteiger partial charge < -0.3 is 10.2 Å². The predicted molar refractivity (Wildman–Crippen MR) is 97.3 cm³/mol. The second-order valence-electron chi connectivity index (χ2n) is 6.91. The fourth-order valence-corrected chi connectivity index (χ4v) is 3.78. The minimum Gasteiger partial charge on any atom is -0.333 e. The maximum Gasteiger partial charge on any atom is 0.245 e. The van der Waals surface area contributed by atoms with Gasteiger partial charge in [0.25, 0.3) is 0 Å². The molecule has 4 rings (SSSR count). The molecule has 1 N–H and O–H groups in total. The number of anilines is 1. The van der Waals surface area contributed by atoms with Crippen molar-refractivity contribution in [2.45, 2.75) is 25.2 Å². The fraction of sp³-hybridized carbons (Fsp3) is 0.421. The zero-order valence-corrected chi connectivity index (χ0v) is 14.7. The lowest BCUT2D eigenvalue weighted by Crippen LogP contribution is -2.40. The van der Waals surface area contributed by atoms with E-state index in [9.17, 15) is 9.59 Å². The van der Waals surface area contributed by atoms with E-state index in [1.165, 1.54) is 16.9 Å². The van der Waals surface area contributed by atoms with Crippen LogP contribution in [0.4, 0.5) is 5.13 Å². The normalized spacial score (nSPS) is 21.6. The maximum atomic E-state index is 12.9. The van der Waals surface area contributed by atoms with E-state index < -0.39 is 0 Å². The molecule has 1 heterocycles. The van der Waals surface area contributed by atoms with E-state index >= 15 is 0 Å². The molecule has 0 bridgehead atoms. The smallest absolute Gasteiger partial charge is 0.245 e. The lowest BCUT2D eigenvalue weighted by Gasteiger charge is -2.22. The summed E-state index contributed by atoms with van der Waals surface area (Å²) in [5, 5.41) is 5.18. The fourth-order valence-electron chi connectivity index (χ4n) is 3.23. The average molecular weight is 355 g/mol. The second kappa shape index (κ2) is 6.96. The number of carbonyl (C=O) groups excluding carboxylic acids is 2. The molecular formula is C19H21N3O2S. The van der Waals surface area contributed by atoms with Gasteiger partial charge in [0.1, 0.15) is 0 Å². The topological polar surface area (TPSA) is 62.3 Å². The minimum absolute atomic E-state index is 0.0220. The second-order valence-corrected chi connectivity index (χ2v) is 7.80. The number of amides is 2. The summed E-state index contributed by atoms with van der Waals surface area (Å²) >= 11 is 1.38. The average Bonchev–Trinajstić information content (AvgIpc) is 3.54. The number of hydrogen-bond donors (Lipinski definition) is 1. The van der Waals surface area contributed by atoms with Crippen LogP contribution in [0.25, 0.3) is 0 Å². The molecule has 0 aliphatic heterocycles. The van der Waals surface area contributed by atoms with Gasteiger partial charge in [-0.2, -0.15) is 0 Å². The van der Waals surface area contributed by atoms with Crippen LogP contribution in [0, 0.1) is 11.8 Å².